The number of aliphatic hydroxyl groups is 1. The summed E-state index contributed by atoms with van der Waals surface area (Å²) >= 11 is 8.38. The van der Waals surface area contributed by atoms with Gasteiger partial charge in [0.25, 0.3) is 0 Å². The summed E-state index contributed by atoms with van der Waals surface area (Å²) in [5.74, 6) is 0. The molecule has 3 rings (SSSR count). The van der Waals surface area contributed by atoms with E-state index in [2.05, 4.69) is 0 Å². The van der Waals surface area contributed by atoms with Gasteiger partial charge in [-0.25, -0.2) is 0 Å². The maximum Gasteiger partial charge on any atom is 0.184 e. The second-order valence-electron chi connectivity index (χ2n) is 4.48. The highest BCUT2D eigenvalue weighted by atomic mass is 32.2. The quantitative estimate of drug-likeness (QED) is 0.864. The highest BCUT2D eigenvalue weighted by molar-refractivity contribution is 8.49. The zero-order chi connectivity index (χ0) is 13.2. The fraction of sp³-hybridized carbons (Fsp3) is 0.462. The van der Waals surface area contributed by atoms with Gasteiger partial charge in [-0.2, -0.15) is 0 Å². The van der Waals surface area contributed by atoms with Gasteiger partial charge in [-0.3, -0.25) is 0 Å². The predicted octanol–water partition coefficient (Wildman–Crippen LogP) is 2.42. The Morgan fingerprint density at radius 1 is 1.32 bits per heavy atom. The highest BCUT2D eigenvalue weighted by Gasteiger charge is 2.45. The lowest BCUT2D eigenvalue weighted by Gasteiger charge is -2.35. The van der Waals surface area contributed by atoms with E-state index < -0.39 is 12.4 Å². The number of fused-ring (bicyclic) bond motifs is 1. The summed E-state index contributed by atoms with van der Waals surface area (Å²) in [6, 6.07) is 9.89. The summed E-state index contributed by atoms with van der Waals surface area (Å²) in [4.78, 5) is 0. The minimum atomic E-state index is -0.625. The number of hydrogen-bond acceptors (Lipinski definition) is 6. The SMILES string of the molecule is O[C@@H]1[C@@H](OCc2ccccc2)OC[C@H]2SC(=S)S[C@@H]12. The van der Waals surface area contributed by atoms with E-state index >= 15 is 0 Å². The van der Waals surface area contributed by atoms with Crippen LogP contribution in [-0.2, 0) is 16.1 Å². The van der Waals surface area contributed by atoms with Crippen LogP contribution < -0.4 is 0 Å². The molecule has 0 aliphatic carbocycles. The lowest BCUT2D eigenvalue weighted by molar-refractivity contribution is -0.215. The topological polar surface area (TPSA) is 38.7 Å². The third-order valence-corrected chi connectivity index (χ3v) is 6.47. The Bertz CT molecular complexity index is 454. The van der Waals surface area contributed by atoms with Gasteiger partial charge in [-0.15, -0.1) is 23.5 Å². The average Bonchev–Trinajstić information content (AvgIpc) is 2.81. The molecule has 2 aliphatic rings. The van der Waals surface area contributed by atoms with Crippen molar-refractivity contribution < 1.29 is 14.6 Å². The van der Waals surface area contributed by atoms with Gasteiger partial charge in [0.2, 0.25) is 0 Å². The molecule has 0 unspecified atom stereocenters. The van der Waals surface area contributed by atoms with Crippen molar-refractivity contribution >= 4 is 39.3 Å². The van der Waals surface area contributed by atoms with Gasteiger partial charge in [0.05, 0.1) is 18.5 Å². The second-order valence-corrected chi connectivity index (χ2v) is 8.10. The van der Waals surface area contributed by atoms with Crippen LogP contribution in [0.1, 0.15) is 5.56 Å². The summed E-state index contributed by atoms with van der Waals surface area (Å²) in [6.45, 7) is 1.03. The van der Waals surface area contributed by atoms with Crippen LogP contribution in [-0.4, -0.2) is 38.1 Å². The molecule has 102 valence electrons. The van der Waals surface area contributed by atoms with E-state index in [4.69, 9.17) is 21.7 Å². The molecule has 0 bridgehead atoms. The molecule has 1 N–H and O–H groups in total. The molecule has 1 aromatic carbocycles. The van der Waals surface area contributed by atoms with Crippen molar-refractivity contribution in [3.05, 3.63) is 35.9 Å². The number of rotatable bonds is 3. The van der Waals surface area contributed by atoms with E-state index in [1.165, 1.54) is 0 Å². The first kappa shape index (κ1) is 13.9. The van der Waals surface area contributed by atoms with E-state index in [0.29, 0.717) is 13.2 Å². The Hall–Kier alpha value is -0.110. The van der Waals surface area contributed by atoms with E-state index in [1.807, 2.05) is 30.3 Å². The summed E-state index contributed by atoms with van der Waals surface area (Å²) < 4.78 is 12.2. The number of thioether (sulfide) groups is 2. The van der Waals surface area contributed by atoms with Crippen LogP contribution in [0.15, 0.2) is 30.3 Å². The number of thiocarbonyl (C=S) groups is 1. The van der Waals surface area contributed by atoms with Gasteiger partial charge in [-0.05, 0) is 5.56 Å². The third kappa shape index (κ3) is 3.15. The van der Waals surface area contributed by atoms with Crippen LogP contribution in [0.4, 0.5) is 0 Å². The Morgan fingerprint density at radius 2 is 2.11 bits per heavy atom. The molecule has 0 spiro atoms. The first-order valence-electron chi connectivity index (χ1n) is 6.06. The Balaban J connectivity index is 1.59. The number of hydrogen-bond donors (Lipinski definition) is 1. The summed E-state index contributed by atoms with van der Waals surface area (Å²) in [7, 11) is 0. The zero-order valence-corrected chi connectivity index (χ0v) is 12.5. The van der Waals surface area contributed by atoms with Gasteiger partial charge < -0.3 is 14.6 Å². The molecule has 0 amide bonds. The monoisotopic (exact) mass is 314 g/mol. The summed E-state index contributed by atoms with van der Waals surface area (Å²) in [6.07, 6.45) is -1.18. The molecule has 19 heavy (non-hydrogen) atoms. The Labute approximate surface area is 126 Å². The molecule has 4 atom stereocenters. The number of aliphatic hydroxyl groups excluding tert-OH is 1. The van der Waals surface area contributed by atoms with Crippen molar-refractivity contribution in [2.45, 2.75) is 29.5 Å². The van der Waals surface area contributed by atoms with Gasteiger partial charge in [0.1, 0.15) is 9.63 Å². The molecule has 3 nitrogen and oxygen atoms in total. The van der Waals surface area contributed by atoms with Gasteiger partial charge in [0, 0.05) is 5.25 Å². The van der Waals surface area contributed by atoms with E-state index in [0.717, 1.165) is 9.09 Å². The first-order valence-corrected chi connectivity index (χ1v) is 8.23. The fourth-order valence-corrected chi connectivity index (χ4v) is 5.54. The molecule has 2 heterocycles. The lowest BCUT2D eigenvalue weighted by atomic mass is 10.1. The van der Waals surface area contributed by atoms with Gasteiger partial charge in [-0.1, -0.05) is 42.5 Å². The Morgan fingerprint density at radius 3 is 2.89 bits per heavy atom. The van der Waals surface area contributed by atoms with Crippen molar-refractivity contribution in [2.75, 3.05) is 6.61 Å². The van der Waals surface area contributed by atoms with Crippen LogP contribution in [0.25, 0.3) is 0 Å². The molecule has 6 heteroatoms. The second kappa shape index (κ2) is 6.11. The summed E-state index contributed by atoms with van der Waals surface area (Å²) in [5.41, 5.74) is 1.07. The fourth-order valence-electron chi connectivity index (χ4n) is 2.17. The molecule has 2 saturated heterocycles. The molecular weight excluding hydrogens is 300 g/mol. The van der Waals surface area contributed by atoms with E-state index in [9.17, 15) is 5.11 Å². The van der Waals surface area contributed by atoms with Crippen molar-refractivity contribution in [2.24, 2.45) is 0 Å². The lowest BCUT2D eigenvalue weighted by Crippen LogP contribution is -2.49. The van der Waals surface area contributed by atoms with Crippen LogP contribution >= 0.6 is 35.7 Å². The molecule has 0 saturated carbocycles. The molecule has 0 aromatic heterocycles. The van der Waals surface area contributed by atoms with E-state index in [-0.39, 0.29) is 10.5 Å². The molecule has 0 radical (unpaired) electrons. The van der Waals surface area contributed by atoms with Crippen molar-refractivity contribution in [3.8, 4) is 0 Å². The number of benzene rings is 1. The van der Waals surface area contributed by atoms with Crippen LogP contribution in [0, 0.1) is 0 Å². The van der Waals surface area contributed by atoms with Crippen LogP contribution in [0.5, 0.6) is 0 Å². The van der Waals surface area contributed by atoms with Crippen molar-refractivity contribution in [1.29, 1.82) is 0 Å². The normalized spacial score (nSPS) is 34.3. The van der Waals surface area contributed by atoms with Crippen molar-refractivity contribution in [3.63, 3.8) is 0 Å². The standard InChI is InChI=1S/C13H14O3S3/c14-10-11-9(18-13(17)19-11)7-16-12(10)15-6-8-4-2-1-3-5-8/h1-5,9-12,14H,6-7H2/t9-,10+,11-,12+/m1/s1. The highest BCUT2D eigenvalue weighted by Crippen LogP contribution is 2.44. The third-order valence-electron chi connectivity index (χ3n) is 3.14. The minimum Gasteiger partial charge on any atom is -0.387 e. The largest absolute Gasteiger partial charge is 0.387 e. The molecule has 2 aliphatic heterocycles. The first-order chi connectivity index (χ1) is 9.24. The minimum absolute atomic E-state index is 0.0898. The predicted molar refractivity (Wildman–Crippen MR) is 82.3 cm³/mol. The molecular formula is C13H14O3S3. The van der Waals surface area contributed by atoms with Crippen LogP contribution in [0.2, 0.25) is 0 Å². The Kier molecular flexibility index (Phi) is 4.46. The van der Waals surface area contributed by atoms with Gasteiger partial charge in [0.15, 0.2) is 6.29 Å². The van der Waals surface area contributed by atoms with E-state index in [1.54, 1.807) is 23.5 Å². The molecule has 2 fully saturated rings. The van der Waals surface area contributed by atoms with Gasteiger partial charge >= 0.3 is 0 Å². The number of ether oxygens (including phenoxy) is 2. The van der Waals surface area contributed by atoms with Crippen LogP contribution in [0.3, 0.4) is 0 Å². The average molecular weight is 314 g/mol. The van der Waals surface area contributed by atoms with Crippen molar-refractivity contribution in [1.82, 2.24) is 0 Å². The zero-order valence-electron chi connectivity index (χ0n) is 10.1. The maximum absolute atomic E-state index is 10.3. The smallest absolute Gasteiger partial charge is 0.184 e. The maximum atomic E-state index is 10.3. The molecule has 1 aromatic rings. The summed E-state index contributed by atoms with van der Waals surface area (Å²) in [5, 5.41) is 10.6.